The number of anilines is 2. The second-order valence-corrected chi connectivity index (χ2v) is 4.65. The van der Waals surface area contributed by atoms with E-state index in [1.807, 2.05) is 6.92 Å². The monoisotopic (exact) mass is 214 g/mol. The predicted octanol–water partition coefficient (Wildman–Crippen LogP) is 0.472. The van der Waals surface area contributed by atoms with E-state index >= 15 is 0 Å². The molecule has 0 bridgehead atoms. The fourth-order valence-electron chi connectivity index (χ4n) is 1.53. The molecule has 0 atom stereocenters. The van der Waals surface area contributed by atoms with Crippen molar-refractivity contribution in [1.82, 2.24) is 9.36 Å². The van der Waals surface area contributed by atoms with Crippen LogP contribution in [-0.4, -0.2) is 33.2 Å². The molecule has 0 radical (unpaired) electrons. The summed E-state index contributed by atoms with van der Waals surface area (Å²) in [6.07, 6.45) is 1.54. The quantitative estimate of drug-likeness (QED) is 0.711. The Morgan fingerprint density at radius 1 is 1.50 bits per heavy atom. The first-order valence-corrected chi connectivity index (χ1v) is 5.41. The number of nitrogens with two attached hydrogens (primary N) is 1. The third-order valence-electron chi connectivity index (χ3n) is 2.54. The van der Waals surface area contributed by atoms with Crippen LogP contribution < -0.4 is 10.6 Å². The molecule has 78 valence electrons. The van der Waals surface area contributed by atoms with E-state index in [2.05, 4.69) is 14.3 Å². The lowest BCUT2D eigenvalue weighted by atomic mass is 9.94. The van der Waals surface area contributed by atoms with Crippen LogP contribution in [0.1, 0.15) is 19.8 Å². The summed E-state index contributed by atoms with van der Waals surface area (Å²) in [5.41, 5.74) is 4.93. The molecular weight excluding hydrogens is 200 g/mol. The van der Waals surface area contributed by atoms with Crippen molar-refractivity contribution < 1.29 is 5.11 Å². The molecule has 6 heteroatoms. The molecule has 1 aliphatic rings. The highest BCUT2D eigenvalue weighted by Crippen LogP contribution is 2.26. The Morgan fingerprint density at radius 2 is 2.14 bits per heavy atom. The Bertz CT molecular complexity index is 315. The first kappa shape index (κ1) is 9.67. The van der Waals surface area contributed by atoms with Gasteiger partial charge in [-0.05, 0) is 19.8 Å². The third-order valence-corrected chi connectivity index (χ3v) is 3.33. The summed E-state index contributed by atoms with van der Waals surface area (Å²) < 4.78 is 3.93. The molecule has 1 aromatic heterocycles. The van der Waals surface area contributed by atoms with Crippen molar-refractivity contribution in [2.75, 3.05) is 23.7 Å². The van der Waals surface area contributed by atoms with Crippen molar-refractivity contribution in [2.24, 2.45) is 0 Å². The van der Waals surface area contributed by atoms with Crippen molar-refractivity contribution >= 4 is 22.6 Å². The second kappa shape index (κ2) is 3.36. The van der Waals surface area contributed by atoms with Gasteiger partial charge < -0.3 is 15.7 Å². The van der Waals surface area contributed by atoms with Gasteiger partial charge in [0.1, 0.15) is 0 Å². The summed E-state index contributed by atoms with van der Waals surface area (Å²) in [6.45, 7) is 3.52. The molecule has 1 fully saturated rings. The Balaban J connectivity index is 2.02. The standard InChI is InChI=1S/C8H14N4OS/c1-8(13)2-4-12(5-3-8)7-10-6(9)11-14-7/h13H,2-5H2,1H3,(H2,9,11). The number of aliphatic hydroxyl groups is 1. The van der Waals surface area contributed by atoms with E-state index in [-0.39, 0.29) is 0 Å². The normalized spacial score (nSPS) is 21.1. The largest absolute Gasteiger partial charge is 0.390 e. The molecule has 0 aliphatic carbocycles. The van der Waals surface area contributed by atoms with E-state index in [1.54, 1.807) is 0 Å². The molecule has 0 aromatic carbocycles. The predicted molar refractivity (Wildman–Crippen MR) is 56.4 cm³/mol. The molecule has 3 N–H and O–H groups in total. The van der Waals surface area contributed by atoms with Gasteiger partial charge in [-0.25, -0.2) is 0 Å². The first-order valence-electron chi connectivity index (χ1n) is 4.63. The van der Waals surface area contributed by atoms with Gasteiger partial charge in [0.05, 0.1) is 5.60 Å². The first-order chi connectivity index (χ1) is 6.57. The van der Waals surface area contributed by atoms with Gasteiger partial charge in [-0.15, -0.1) is 0 Å². The van der Waals surface area contributed by atoms with Crippen LogP contribution in [0.5, 0.6) is 0 Å². The SMILES string of the molecule is CC1(O)CCN(c2nc(N)ns2)CC1. The van der Waals surface area contributed by atoms with Crippen molar-refractivity contribution in [2.45, 2.75) is 25.4 Å². The van der Waals surface area contributed by atoms with Crippen LogP contribution in [0.25, 0.3) is 0 Å². The topological polar surface area (TPSA) is 75.3 Å². The van der Waals surface area contributed by atoms with Gasteiger partial charge in [0, 0.05) is 24.6 Å². The fourth-order valence-corrected chi connectivity index (χ4v) is 2.18. The smallest absolute Gasteiger partial charge is 0.233 e. The molecule has 2 heterocycles. The summed E-state index contributed by atoms with van der Waals surface area (Å²) in [5.74, 6) is 0.335. The van der Waals surface area contributed by atoms with Gasteiger partial charge in [0.25, 0.3) is 0 Å². The van der Waals surface area contributed by atoms with Gasteiger partial charge >= 0.3 is 0 Å². The van der Waals surface area contributed by atoms with Crippen LogP contribution in [0.15, 0.2) is 0 Å². The zero-order valence-corrected chi connectivity index (χ0v) is 8.92. The van der Waals surface area contributed by atoms with Crippen LogP contribution in [0, 0.1) is 0 Å². The second-order valence-electron chi connectivity index (χ2n) is 3.92. The Morgan fingerprint density at radius 3 is 2.64 bits per heavy atom. The highest BCUT2D eigenvalue weighted by Gasteiger charge is 2.28. The van der Waals surface area contributed by atoms with Gasteiger partial charge in [-0.1, -0.05) is 0 Å². The zero-order chi connectivity index (χ0) is 10.2. The number of nitrogens with zero attached hydrogens (tertiary/aromatic N) is 3. The minimum atomic E-state index is -0.521. The van der Waals surface area contributed by atoms with Crippen molar-refractivity contribution in [1.29, 1.82) is 0 Å². The van der Waals surface area contributed by atoms with Crippen LogP contribution in [0.4, 0.5) is 11.1 Å². The molecule has 0 saturated carbocycles. The molecule has 1 aromatic rings. The van der Waals surface area contributed by atoms with Gasteiger partial charge in [-0.3, -0.25) is 0 Å². The van der Waals surface area contributed by atoms with Gasteiger partial charge in [-0.2, -0.15) is 9.36 Å². The minimum Gasteiger partial charge on any atom is -0.390 e. The Labute approximate surface area is 86.7 Å². The Hall–Kier alpha value is -0.880. The molecule has 0 amide bonds. The molecule has 2 rings (SSSR count). The molecule has 5 nitrogen and oxygen atoms in total. The van der Waals surface area contributed by atoms with Crippen LogP contribution >= 0.6 is 11.5 Å². The van der Waals surface area contributed by atoms with Gasteiger partial charge in [0.2, 0.25) is 11.1 Å². The number of hydrogen-bond acceptors (Lipinski definition) is 6. The highest BCUT2D eigenvalue weighted by molar-refractivity contribution is 7.09. The number of piperidine rings is 1. The number of nitrogen functional groups attached to an aromatic ring is 1. The van der Waals surface area contributed by atoms with Crippen molar-refractivity contribution in [3.63, 3.8) is 0 Å². The summed E-state index contributed by atoms with van der Waals surface area (Å²) in [7, 11) is 0. The van der Waals surface area contributed by atoms with Gasteiger partial charge in [0.15, 0.2) is 0 Å². The van der Waals surface area contributed by atoms with E-state index in [1.165, 1.54) is 11.5 Å². The lowest BCUT2D eigenvalue weighted by molar-refractivity contribution is 0.0351. The average Bonchev–Trinajstić information content (AvgIpc) is 2.52. The summed E-state index contributed by atoms with van der Waals surface area (Å²) in [6, 6.07) is 0. The van der Waals surface area contributed by atoms with E-state index in [9.17, 15) is 5.11 Å². The number of rotatable bonds is 1. The fraction of sp³-hybridized carbons (Fsp3) is 0.750. The van der Waals surface area contributed by atoms with Crippen LogP contribution in [0.3, 0.4) is 0 Å². The van der Waals surface area contributed by atoms with E-state index in [4.69, 9.17) is 5.73 Å². The third kappa shape index (κ3) is 1.96. The number of hydrogen-bond donors (Lipinski definition) is 2. The van der Waals surface area contributed by atoms with E-state index in [0.717, 1.165) is 31.1 Å². The molecular formula is C8H14N4OS. The van der Waals surface area contributed by atoms with E-state index < -0.39 is 5.60 Å². The summed E-state index contributed by atoms with van der Waals surface area (Å²) in [5, 5.41) is 10.6. The summed E-state index contributed by atoms with van der Waals surface area (Å²) >= 11 is 1.31. The summed E-state index contributed by atoms with van der Waals surface area (Å²) in [4.78, 5) is 6.23. The lowest BCUT2D eigenvalue weighted by Crippen LogP contribution is -2.42. The maximum absolute atomic E-state index is 9.76. The van der Waals surface area contributed by atoms with Crippen molar-refractivity contribution in [3.8, 4) is 0 Å². The minimum absolute atomic E-state index is 0.335. The average molecular weight is 214 g/mol. The Kier molecular flexibility index (Phi) is 2.32. The molecule has 1 saturated heterocycles. The zero-order valence-electron chi connectivity index (χ0n) is 8.10. The maximum atomic E-state index is 9.76. The molecule has 1 aliphatic heterocycles. The molecule has 14 heavy (non-hydrogen) atoms. The van der Waals surface area contributed by atoms with Crippen LogP contribution in [-0.2, 0) is 0 Å². The lowest BCUT2D eigenvalue weighted by Gasteiger charge is -2.35. The van der Waals surface area contributed by atoms with E-state index in [0.29, 0.717) is 5.95 Å². The highest BCUT2D eigenvalue weighted by atomic mass is 32.1. The van der Waals surface area contributed by atoms with Crippen LogP contribution in [0.2, 0.25) is 0 Å². The van der Waals surface area contributed by atoms with Crippen molar-refractivity contribution in [3.05, 3.63) is 0 Å². The number of aromatic nitrogens is 2. The molecule has 0 spiro atoms. The maximum Gasteiger partial charge on any atom is 0.233 e. The molecule has 0 unspecified atom stereocenters.